The lowest BCUT2D eigenvalue weighted by Gasteiger charge is -1.99. The van der Waals surface area contributed by atoms with Gasteiger partial charge in [0.2, 0.25) is 11.6 Å². The van der Waals surface area contributed by atoms with Crippen LogP contribution in [0.3, 0.4) is 0 Å². The van der Waals surface area contributed by atoms with Gasteiger partial charge in [-0.1, -0.05) is 60.7 Å². The van der Waals surface area contributed by atoms with Gasteiger partial charge in [0.15, 0.2) is 0 Å². The summed E-state index contributed by atoms with van der Waals surface area (Å²) in [5, 5.41) is 0. The van der Waals surface area contributed by atoms with Crippen LogP contribution in [-0.4, -0.2) is 24.8 Å². The van der Waals surface area contributed by atoms with Gasteiger partial charge in [-0.2, -0.15) is 0 Å². The number of hydrogen-bond acceptors (Lipinski definition) is 3. The second-order valence-electron chi connectivity index (χ2n) is 4.17. The van der Waals surface area contributed by atoms with Gasteiger partial charge in [0, 0.05) is 24.3 Å². The number of benzene rings is 2. The Bertz CT molecular complexity index is 496. The topological polar surface area (TPSA) is 43.4 Å². The lowest BCUT2D eigenvalue weighted by atomic mass is 10.0. The molecule has 0 saturated heterocycles. The number of ketones is 2. The van der Waals surface area contributed by atoms with Crippen LogP contribution < -0.4 is 0 Å². The summed E-state index contributed by atoms with van der Waals surface area (Å²) in [7, 11) is 0. The van der Waals surface area contributed by atoms with Gasteiger partial charge in [-0.25, -0.2) is 0 Å². The second-order valence-corrected chi connectivity index (χ2v) is 4.17. The number of carbonyl (C=O) groups is 2. The predicted octanol–water partition coefficient (Wildman–Crippen LogP) is 3.80. The zero-order valence-electron chi connectivity index (χ0n) is 12.4. The van der Waals surface area contributed by atoms with Crippen LogP contribution in [-0.2, 0) is 4.74 Å². The first-order chi connectivity index (χ1) is 10.2. The maximum Gasteiger partial charge on any atom is 0.233 e. The third kappa shape index (κ3) is 5.71. The van der Waals surface area contributed by atoms with Crippen LogP contribution in [0, 0.1) is 0 Å². The van der Waals surface area contributed by atoms with Crippen LogP contribution >= 0.6 is 0 Å². The quantitative estimate of drug-likeness (QED) is 0.619. The van der Waals surface area contributed by atoms with Gasteiger partial charge in [-0.3, -0.25) is 9.59 Å². The molecule has 0 aliphatic heterocycles. The molecule has 0 unspecified atom stereocenters. The van der Waals surface area contributed by atoms with Crippen molar-refractivity contribution in [2.24, 2.45) is 0 Å². The molecule has 110 valence electrons. The second kappa shape index (κ2) is 9.61. The lowest BCUT2D eigenvalue weighted by molar-refractivity contribution is 0.0817. The summed E-state index contributed by atoms with van der Waals surface area (Å²) in [5.41, 5.74) is 0.854. The summed E-state index contributed by atoms with van der Waals surface area (Å²) in [5.74, 6) is -0.932. The molecule has 0 spiro atoms. The first-order valence-corrected chi connectivity index (χ1v) is 6.97. The van der Waals surface area contributed by atoms with Crippen LogP contribution in [0.15, 0.2) is 60.7 Å². The maximum absolute atomic E-state index is 11.8. The summed E-state index contributed by atoms with van der Waals surface area (Å²) >= 11 is 0. The molecule has 0 aliphatic rings. The average molecular weight is 284 g/mol. The maximum atomic E-state index is 11.8. The Balaban J connectivity index is 0.000000383. The molecule has 0 radical (unpaired) electrons. The van der Waals surface area contributed by atoms with Crippen molar-refractivity contribution in [3.8, 4) is 0 Å². The molecule has 0 atom stereocenters. The van der Waals surface area contributed by atoms with Gasteiger partial charge in [0.05, 0.1) is 0 Å². The predicted molar refractivity (Wildman–Crippen MR) is 83.7 cm³/mol. The Labute approximate surface area is 125 Å². The molecule has 3 nitrogen and oxygen atoms in total. The zero-order valence-corrected chi connectivity index (χ0v) is 12.4. The van der Waals surface area contributed by atoms with Gasteiger partial charge in [0.1, 0.15) is 0 Å². The van der Waals surface area contributed by atoms with Crippen molar-refractivity contribution >= 4 is 11.6 Å². The molecule has 3 heteroatoms. The highest BCUT2D eigenvalue weighted by Crippen LogP contribution is 2.07. The Hall–Kier alpha value is -2.26. The van der Waals surface area contributed by atoms with Crippen LogP contribution in [0.2, 0.25) is 0 Å². The average Bonchev–Trinajstić information content (AvgIpc) is 2.56. The van der Waals surface area contributed by atoms with E-state index >= 15 is 0 Å². The van der Waals surface area contributed by atoms with Gasteiger partial charge >= 0.3 is 0 Å². The SMILES string of the molecule is CCOCC.O=C(C(=O)c1ccccc1)c1ccccc1. The van der Waals surface area contributed by atoms with E-state index in [0.717, 1.165) is 13.2 Å². The van der Waals surface area contributed by atoms with Crippen LogP contribution in [0.5, 0.6) is 0 Å². The van der Waals surface area contributed by atoms with Crippen molar-refractivity contribution in [1.82, 2.24) is 0 Å². The summed E-state index contributed by atoms with van der Waals surface area (Å²) in [6.45, 7) is 5.67. The van der Waals surface area contributed by atoms with Gasteiger partial charge in [-0.15, -0.1) is 0 Å². The molecule has 0 bridgehead atoms. The first-order valence-electron chi connectivity index (χ1n) is 6.97. The highest BCUT2D eigenvalue weighted by molar-refractivity contribution is 6.49. The summed E-state index contributed by atoms with van der Waals surface area (Å²) in [6, 6.07) is 17.2. The van der Waals surface area contributed by atoms with E-state index < -0.39 is 11.6 Å². The summed E-state index contributed by atoms with van der Waals surface area (Å²) < 4.78 is 4.83. The Morgan fingerprint density at radius 1 is 0.714 bits per heavy atom. The fourth-order valence-electron chi connectivity index (χ4n) is 1.65. The zero-order chi connectivity index (χ0) is 15.5. The highest BCUT2D eigenvalue weighted by Gasteiger charge is 2.16. The minimum atomic E-state index is -0.466. The van der Waals surface area contributed by atoms with E-state index in [-0.39, 0.29) is 0 Å². The van der Waals surface area contributed by atoms with Gasteiger partial charge < -0.3 is 4.74 Å². The first kappa shape index (κ1) is 16.8. The molecule has 0 aliphatic carbocycles. The molecule has 0 amide bonds. The van der Waals surface area contributed by atoms with Crippen molar-refractivity contribution in [3.05, 3.63) is 71.8 Å². The third-order valence-electron chi connectivity index (χ3n) is 2.69. The van der Waals surface area contributed by atoms with E-state index in [2.05, 4.69) is 0 Å². The normalized spacial score (nSPS) is 9.43. The molecule has 0 aromatic heterocycles. The largest absolute Gasteiger partial charge is 0.382 e. The molecule has 21 heavy (non-hydrogen) atoms. The summed E-state index contributed by atoms with van der Waals surface area (Å²) in [6.07, 6.45) is 0. The van der Waals surface area contributed by atoms with Crippen LogP contribution in [0.1, 0.15) is 34.6 Å². The van der Waals surface area contributed by atoms with E-state index in [9.17, 15) is 9.59 Å². The number of hydrogen-bond donors (Lipinski definition) is 0. The van der Waals surface area contributed by atoms with Crippen molar-refractivity contribution in [2.75, 3.05) is 13.2 Å². The van der Waals surface area contributed by atoms with Crippen LogP contribution in [0.4, 0.5) is 0 Å². The Morgan fingerprint density at radius 2 is 1.05 bits per heavy atom. The molecular formula is C18H20O3. The Morgan fingerprint density at radius 3 is 1.29 bits per heavy atom. The van der Waals surface area contributed by atoms with Gasteiger partial charge in [-0.05, 0) is 13.8 Å². The molecule has 0 N–H and O–H groups in total. The van der Waals surface area contributed by atoms with E-state index in [1.807, 2.05) is 26.0 Å². The number of Topliss-reactive ketones (excluding diaryl/α,β-unsaturated/α-hetero) is 2. The van der Waals surface area contributed by atoms with Crippen molar-refractivity contribution in [3.63, 3.8) is 0 Å². The monoisotopic (exact) mass is 284 g/mol. The fraction of sp³-hybridized carbons (Fsp3) is 0.222. The summed E-state index contributed by atoms with van der Waals surface area (Å²) in [4.78, 5) is 23.6. The molecule has 2 aromatic rings. The standard InChI is InChI=1S/C14H10O2.C4H10O/c15-13(11-7-3-1-4-8-11)14(16)12-9-5-2-6-10-12;1-3-5-4-2/h1-10H;3-4H2,1-2H3. The van der Waals surface area contributed by atoms with E-state index in [1.54, 1.807) is 48.5 Å². The number of ether oxygens (including phenoxy) is 1. The number of rotatable bonds is 5. The van der Waals surface area contributed by atoms with Crippen LogP contribution in [0.25, 0.3) is 0 Å². The molecule has 0 saturated carbocycles. The minimum Gasteiger partial charge on any atom is -0.382 e. The van der Waals surface area contributed by atoms with E-state index in [4.69, 9.17) is 4.74 Å². The third-order valence-corrected chi connectivity index (χ3v) is 2.69. The van der Waals surface area contributed by atoms with Crippen molar-refractivity contribution in [2.45, 2.75) is 13.8 Å². The minimum absolute atomic E-state index is 0.427. The smallest absolute Gasteiger partial charge is 0.233 e. The fourth-order valence-corrected chi connectivity index (χ4v) is 1.65. The lowest BCUT2D eigenvalue weighted by Crippen LogP contribution is -2.14. The number of carbonyl (C=O) groups excluding carboxylic acids is 2. The molecular weight excluding hydrogens is 264 g/mol. The molecule has 2 aromatic carbocycles. The van der Waals surface area contributed by atoms with Crippen molar-refractivity contribution < 1.29 is 14.3 Å². The molecule has 0 heterocycles. The highest BCUT2D eigenvalue weighted by atomic mass is 16.5. The van der Waals surface area contributed by atoms with Crippen molar-refractivity contribution in [1.29, 1.82) is 0 Å². The molecule has 2 rings (SSSR count). The van der Waals surface area contributed by atoms with Gasteiger partial charge in [0.25, 0.3) is 0 Å². The van der Waals surface area contributed by atoms with E-state index in [0.29, 0.717) is 11.1 Å². The van der Waals surface area contributed by atoms with E-state index in [1.165, 1.54) is 0 Å². The Kier molecular flexibility index (Phi) is 7.69. The molecule has 0 fully saturated rings.